The predicted molar refractivity (Wildman–Crippen MR) is 54.5 cm³/mol. The van der Waals surface area contributed by atoms with Crippen molar-refractivity contribution in [2.24, 2.45) is 0 Å². The van der Waals surface area contributed by atoms with E-state index in [4.69, 9.17) is 9.52 Å². The Hall–Kier alpha value is -2.34. The molecule has 1 heterocycles. The Morgan fingerprint density at radius 3 is 2.69 bits per heavy atom. The number of carbonyl (C=O) groups is 2. The number of rotatable bonds is 1. The summed E-state index contributed by atoms with van der Waals surface area (Å²) in [6.07, 6.45) is 1.43. The van der Waals surface area contributed by atoms with Gasteiger partial charge < -0.3 is 20.4 Å². The first-order chi connectivity index (χ1) is 7.18. The molecule has 0 bridgehead atoms. The van der Waals surface area contributed by atoms with Gasteiger partial charge in [0.05, 0.1) is 11.6 Å². The van der Waals surface area contributed by atoms with E-state index in [0.717, 1.165) is 0 Å². The van der Waals surface area contributed by atoms with Gasteiger partial charge in [-0.3, -0.25) is 0 Å². The summed E-state index contributed by atoms with van der Waals surface area (Å²) < 4.78 is 9.71. The smallest absolute Gasteiger partial charge is 0.422 e. The number of carbonyl (C=O) groups excluding carboxylic acids is 1. The van der Waals surface area contributed by atoms with E-state index in [2.05, 4.69) is 4.74 Å². The van der Waals surface area contributed by atoms with E-state index in [1.807, 2.05) is 0 Å². The summed E-state index contributed by atoms with van der Waals surface area (Å²) in [6, 6.07) is 6.39. The van der Waals surface area contributed by atoms with Gasteiger partial charge in [-0.2, -0.15) is 0 Å². The van der Waals surface area contributed by atoms with Crippen LogP contribution in [0.15, 0.2) is 34.9 Å². The van der Waals surface area contributed by atoms with E-state index in [1.165, 1.54) is 12.3 Å². The Labute approximate surface area is 90.0 Å². The molecule has 0 aliphatic rings. The average molecular weight is 223 g/mol. The highest BCUT2D eigenvalue weighted by Crippen LogP contribution is 2.26. The molecular weight excluding hydrogens is 214 g/mol. The minimum atomic E-state index is -1.63. The molecule has 0 atom stereocenters. The lowest BCUT2D eigenvalue weighted by Crippen LogP contribution is -2.19. The fourth-order valence-corrected chi connectivity index (χ4v) is 1.20. The summed E-state index contributed by atoms with van der Waals surface area (Å²) in [5, 5.41) is 8.93. The zero-order chi connectivity index (χ0) is 10.8. The topological polar surface area (TPSA) is 112 Å². The average Bonchev–Trinajstić information content (AvgIpc) is 2.66. The number of ether oxygens (including phenoxy) is 1. The van der Waals surface area contributed by atoms with Gasteiger partial charge in [-0.1, -0.05) is 6.07 Å². The Morgan fingerprint density at radius 1 is 1.25 bits per heavy atom. The molecule has 16 heavy (non-hydrogen) atoms. The Balaban J connectivity index is 0.00000128. The normalized spacial score (nSPS) is 9.50. The third-order valence-corrected chi connectivity index (χ3v) is 1.83. The molecule has 0 amide bonds. The Kier molecular flexibility index (Phi) is 3.27. The molecule has 1 aromatic heterocycles. The molecule has 4 N–H and O–H groups in total. The summed E-state index contributed by atoms with van der Waals surface area (Å²) in [7, 11) is 0. The van der Waals surface area contributed by atoms with Gasteiger partial charge >= 0.3 is 11.9 Å². The molecule has 0 aliphatic heterocycles. The van der Waals surface area contributed by atoms with E-state index < -0.39 is 11.9 Å². The van der Waals surface area contributed by atoms with Crippen molar-refractivity contribution in [3.8, 4) is 5.75 Å². The molecule has 1 aromatic carbocycles. The van der Waals surface area contributed by atoms with Crippen LogP contribution >= 0.6 is 0 Å². The van der Waals surface area contributed by atoms with Crippen molar-refractivity contribution < 1.29 is 23.8 Å². The van der Waals surface area contributed by atoms with Crippen LogP contribution in [0.3, 0.4) is 0 Å². The van der Waals surface area contributed by atoms with E-state index in [0.29, 0.717) is 11.0 Å². The van der Waals surface area contributed by atoms with E-state index >= 15 is 0 Å². The lowest BCUT2D eigenvalue weighted by atomic mass is 10.2. The van der Waals surface area contributed by atoms with Gasteiger partial charge in [0.1, 0.15) is 11.3 Å². The maximum Gasteiger partial charge on any atom is 0.422 e. The van der Waals surface area contributed by atoms with Crippen LogP contribution in [-0.2, 0) is 9.59 Å². The van der Waals surface area contributed by atoms with Crippen LogP contribution in [0, 0.1) is 0 Å². The van der Waals surface area contributed by atoms with Gasteiger partial charge in [0.25, 0.3) is 0 Å². The highest BCUT2D eigenvalue weighted by molar-refractivity contribution is 6.29. The van der Waals surface area contributed by atoms with Crippen LogP contribution < -0.4 is 10.9 Å². The second kappa shape index (κ2) is 4.45. The number of benzene rings is 1. The molecule has 0 fully saturated rings. The molecule has 0 aliphatic carbocycles. The molecule has 6 heteroatoms. The maximum atomic E-state index is 10.8. The molecule has 6 nitrogen and oxygen atoms in total. The number of furan rings is 1. The number of fused-ring (bicyclic) bond motifs is 1. The second-order valence-corrected chi connectivity index (χ2v) is 2.78. The third kappa shape index (κ3) is 2.01. The molecule has 2 aromatic rings. The standard InChI is InChI=1S/C10H6O5.H3N/c11-9(12)10(13)15-8-3-1-2-7-6(8)4-5-14-7;/h1-5H,(H,11,12);1H3. The molecule has 0 unspecified atom stereocenters. The van der Waals surface area contributed by atoms with Gasteiger partial charge in [0.2, 0.25) is 0 Å². The fraction of sp³-hybridized carbons (Fsp3) is 0. The summed E-state index contributed by atoms with van der Waals surface area (Å²) in [5.41, 5.74) is 0.533. The van der Waals surface area contributed by atoms with Crippen molar-refractivity contribution in [1.82, 2.24) is 6.15 Å². The van der Waals surface area contributed by atoms with Crippen molar-refractivity contribution in [3.63, 3.8) is 0 Å². The van der Waals surface area contributed by atoms with Gasteiger partial charge in [-0.05, 0) is 18.2 Å². The van der Waals surface area contributed by atoms with Crippen molar-refractivity contribution >= 4 is 22.9 Å². The Bertz CT molecular complexity index is 531. The number of esters is 1. The first-order valence-corrected chi connectivity index (χ1v) is 4.10. The minimum Gasteiger partial charge on any atom is -0.473 e. The first kappa shape index (κ1) is 11.7. The van der Waals surface area contributed by atoms with Crippen molar-refractivity contribution in [1.29, 1.82) is 0 Å². The van der Waals surface area contributed by atoms with Crippen LogP contribution in [-0.4, -0.2) is 17.0 Å². The third-order valence-electron chi connectivity index (χ3n) is 1.83. The van der Waals surface area contributed by atoms with E-state index in [9.17, 15) is 9.59 Å². The molecule has 2 rings (SSSR count). The molecule has 0 saturated heterocycles. The summed E-state index contributed by atoms with van der Waals surface area (Å²) in [6.45, 7) is 0. The minimum absolute atomic E-state index is 0. The van der Waals surface area contributed by atoms with Gasteiger partial charge in [0, 0.05) is 0 Å². The largest absolute Gasteiger partial charge is 0.473 e. The van der Waals surface area contributed by atoms with Crippen molar-refractivity contribution in [3.05, 3.63) is 30.5 Å². The monoisotopic (exact) mass is 223 g/mol. The lowest BCUT2D eigenvalue weighted by Gasteiger charge is -2.01. The molecule has 0 saturated carbocycles. The maximum absolute atomic E-state index is 10.8. The quantitative estimate of drug-likeness (QED) is 0.431. The van der Waals surface area contributed by atoms with E-state index in [1.54, 1.807) is 18.2 Å². The van der Waals surface area contributed by atoms with Gasteiger partial charge in [-0.15, -0.1) is 0 Å². The summed E-state index contributed by atoms with van der Waals surface area (Å²) in [5.74, 6) is -2.77. The van der Waals surface area contributed by atoms with E-state index in [-0.39, 0.29) is 11.9 Å². The van der Waals surface area contributed by atoms with Crippen molar-refractivity contribution in [2.45, 2.75) is 0 Å². The number of carboxylic acids is 1. The summed E-state index contributed by atoms with van der Waals surface area (Å²) >= 11 is 0. The number of aliphatic carboxylic acids is 1. The predicted octanol–water partition coefficient (Wildman–Crippen LogP) is 1.58. The molecular formula is C10H9NO5. The summed E-state index contributed by atoms with van der Waals surface area (Å²) in [4.78, 5) is 21.1. The second-order valence-electron chi connectivity index (χ2n) is 2.78. The molecule has 0 spiro atoms. The van der Waals surface area contributed by atoms with Crippen LogP contribution in [0.25, 0.3) is 11.0 Å². The molecule has 84 valence electrons. The highest BCUT2D eigenvalue weighted by Gasteiger charge is 2.16. The number of hydrogen-bond acceptors (Lipinski definition) is 5. The SMILES string of the molecule is N.O=C(O)C(=O)Oc1cccc2occc12. The van der Waals surface area contributed by atoms with Gasteiger partial charge in [0.15, 0.2) is 0 Å². The van der Waals surface area contributed by atoms with Crippen molar-refractivity contribution in [2.75, 3.05) is 0 Å². The lowest BCUT2D eigenvalue weighted by molar-refractivity contribution is -0.157. The number of carboxylic acid groups (broad SMARTS) is 1. The Morgan fingerprint density at radius 2 is 2.00 bits per heavy atom. The first-order valence-electron chi connectivity index (χ1n) is 4.10. The zero-order valence-corrected chi connectivity index (χ0v) is 8.17. The fourth-order valence-electron chi connectivity index (χ4n) is 1.20. The van der Waals surface area contributed by atoms with Crippen LogP contribution in [0.5, 0.6) is 5.75 Å². The van der Waals surface area contributed by atoms with Crippen LogP contribution in [0.1, 0.15) is 0 Å². The zero-order valence-electron chi connectivity index (χ0n) is 8.17. The highest BCUT2D eigenvalue weighted by atomic mass is 16.6. The van der Waals surface area contributed by atoms with Crippen LogP contribution in [0.4, 0.5) is 0 Å². The molecule has 0 radical (unpaired) electrons. The van der Waals surface area contributed by atoms with Gasteiger partial charge in [-0.25, -0.2) is 9.59 Å². The van der Waals surface area contributed by atoms with Crippen LogP contribution in [0.2, 0.25) is 0 Å². The number of hydrogen-bond donors (Lipinski definition) is 2.